The Morgan fingerprint density at radius 1 is 0.920 bits per heavy atom. The highest BCUT2D eigenvalue weighted by molar-refractivity contribution is 6.11. The molecule has 2 aromatic heterocycles. The van der Waals surface area contributed by atoms with Crippen LogP contribution in [0.3, 0.4) is 0 Å². The van der Waals surface area contributed by atoms with Crippen LogP contribution >= 0.6 is 0 Å². The largest absolute Gasteiger partial charge is 0.456 e. The Bertz CT molecular complexity index is 1080. The molecule has 1 amide bonds. The number of benzene rings is 3. The van der Waals surface area contributed by atoms with Crippen molar-refractivity contribution in [2.24, 2.45) is 0 Å². The zero-order valence-corrected chi connectivity index (χ0v) is 13.3. The van der Waals surface area contributed by atoms with Gasteiger partial charge < -0.3 is 9.73 Å². The van der Waals surface area contributed by atoms with Gasteiger partial charge in [-0.15, -0.1) is 0 Å². The van der Waals surface area contributed by atoms with E-state index >= 15 is 0 Å². The van der Waals surface area contributed by atoms with Gasteiger partial charge in [-0.05, 0) is 43.3 Å². The molecule has 0 aliphatic carbocycles. The molecule has 1 N–H and O–H groups in total. The quantitative estimate of drug-likeness (QED) is 0.545. The Kier molecular flexibility index (Phi) is 3.50. The van der Waals surface area contributed by atoms with Gasteiger partial charge >= 0.3 is 0 Å². The van der Waals surface area contributed by atoms with Crippen molar-refractivity contribution in [3.05, 3.63) is 77.4 Å². The number of aryl methyl sites for hydroxylation is 1. The lowest BCUT2D eigenvalue weighted by Crippen LogP contribution is -2.13. The number of rotatable bonds is 3. The van der Waals surface area contributed by atoms with E-state index in [4.69, 9.17) is 4.42 Å². The van der Waals surface area contributed by atoms with Crippen LogP contribution in [0.1, 0.15) is 15.9 Å². The molecular formula is C20H13F2NO2. The van der Waals surface area contributed by atoms with E-state index < -0.39 is 11.6 Å². The summed E-state index contributed by atoms with van der Waals surface area (Å²) < 4.78 is 33.7. The SMILES string of the molecule is Cc1c(C(=O)Nc2ccc(-c3ccccc3F)c(F)c2)c2ccc1o2. The fourth-order valence-electron chi connectivity index (χ4n) is 2.95. The number of hydrogen-bond donors (Lipinski definition) is 1. The summed E-state index contributed by atoms with van der Waals surface area (Å²) in [4.78, 5) is 12.4. The molecule has 2 aromatic carbocycles. The van der Waals surface area contributed by atoms with Crippen molar-refractivity contribution >= 4 is 22.8 Å². The van der Waals surface area contributed by atoms with Crippen molar-refractivity contribution < 1.29 is 18.0 Å². The highest BCUT2D eigenvalue weighted by Gasteiger charge is 2.20. The van der Waals surface area contributed by atoms with E-state index in [1.807, 2.05) is 0 Å². The molecule has 0 saturated carbocycles. The van der Waals surface area contributed by atoms with Crippen molar-refractivity contribution in [1.82, 2.24) is 0 Å². The molecule has 0 spiro atoms. The normalized spacial score (nSPS) is 11.2. The highest BCUT2D eigenvalue weighted by atomic mass is 19.1. The average molecular weight is 337 g/mol. The number of furan rings is 2. The first-order chi connectivity index (χ1) is 12.0. The fourth-order valence-corrected chi connectivity index (χ4v) is 2.95. The van der Waals surface area contributed by atoms with E-state index in [1.54, 1.807) is 37.3 Å². The zero-order valence-electron chi connectivity index (χ0n) is 13.3. The molecule has 0 unspecified atom stereocenters. The minimum atomic E-state index is -0.611. The third-order valence-corrected chi connectivity index (χ3v) is 4.22. The lowest BCUT2D eigenvalue weighted by Gasteiger charge is -2.09. The number of anilines is 1. The van der Waals surface area contributed by atoms with Crippen LogP contribution in [-0.4, -0.2) is 5.91 Å². The lowest BCUT2D eigenvalue weighted by molar-refractivity contribution is 0.102. The molecule has 0 aliphatic heterocycles. The van der Waals surface area contributed by atoms with E-state index in [-0.39, 0.29) is 17.0 Å². The van der Waals surface area contributed by atoms with Crippen LogP contribution in [0.2, 0.25) is 0 Å². The molecule has 0 atom stereocenters. The summed E-state index contributed by atoms with van der Waals surface area (Å²) in [5.41, 5.74) is 2.95. The number of amides is 1. The molecule has 0 radical (unpaired) electrons. The maximum absolute atomic E-state index is 14.4. The Morgan fingerprint density at radius 2 is 1.64 bits per heavy atom. The summed E-state index contributed by atoms with van der Waals surface area (Å²) in [6, 6.07) is 13.7. The average Bonchev–Trinajstić information content (AvgIpc) is 3.17. The van der Waals surface area contributed by atoms with E-state index in [9.17, 15) is 13.6 Å². The minimum Gasteiger partial charge on any atom is -0.456 e. The second-order valence-corrected chi connectivity index (χ2v) is 5.79. The summed E-state index contributed by atoms with van der Waals surface area (Å²) in [7, 11) is 0. The van der Waals surface area contributed by atoms with Gasteiger partial charge in [-0.3, -0.25) is 4.79 Å². The Morgan fingerprint density at radius 3 is 2.32 bits per heavy atom. The van der Waals surface area contributed by atoms with E-state index in [1.165, 1.54) is 24.3 Å². The first-order valence-electron chi connectivity index (χ1n) is 7.72. The van der Waals surface area contributed by atoms with Gasteiger partial charge in [0.25, 0.3) is 5.91 Å². The first kappa shape index (κ1) is 15.3. The fraction of sp³-hybridized carbons (Fsp3) is 0.0500. The summed E-state index contributed by atoms with van der Waals surface area (Å²) in [5.74, 6) is -1.48. The Balaban J connectivity index is 1.63. The number of hydrogen-bond acceptors (Lipinski definition) is 2. The summed E-state index contributed by atoms with van der Waals surface area (Å²) in [6.07, 6.45) is 0. The summed E-state index contributed by atoms with van der Waals surface area (Å²) in [6.45, 7) is 1.79. The lowest BCUT2D eigenvalue weighted by atomic mass is 10.0. The van der Waals surface area contributed by atoms with Gasteiger partial charge in [0.05, 0.1) is 5.56 Å². The van der Waals surface area contributed by atoms with Crippen LogP contribution in [-0.2, 0) is 0 Å². The summed E-state index contributed by atoms with van der Waals surface area (Å²) >= 11 is 0. The van der Waals surface area contributed by atoms with E-state index in [2.05, 4.69) is 5.32 Å². The van der Waals surface area contributed by atoms with E-state index in [0.717, 1.165) is 5.56 Å². The maximum Gasteiger partial charge on any atom is 0.259 e. The zero-order chi connectivity index (χ0) is 17.6. The smallest absolute Gasteiger partial charge is 0.259 e. The molecule has 0 saturated heterocycles. The van der Waals surface area contributed by atoms with Crippen LogP contribution < -0.4 is 5.32 Å². The number of carbonyl (C=O) groups is 1. The van der Waals surface area contributed by atoms with Gasteiger partial charge in [0, 0.05) is 22.4 Å². The summed E-state index contributed by atoms with van der Waals surface area (Å²) in [5, 5.41) is 2.65. The second-order valence-electron chi connectivity index (χ2n) is 5.79. The van der Waals surface area contributed by atoms with Crippen LogP contribution in [0.5, 0.6) is 0 Å². The van der Waals surface area contributed by atoms with Crippen LogP contribution in [0, 0.1) is 18.6 Å². The van der Waals surface area contributed by atoms with Gasteiger partial charge in [0.2, 0.25) is 0 Å². The molecular weight excluding hydrogens is 324 g/mol. The second kappa shape index (κ2) is 5.70. The maximum atomic E-state index is 14.4. The van der Waals surface area contributed by atoms with Crippen LogP contribution in [0.4, 0.5) is 14.5 Å². The van der Waals surface area contributed by atoms with Crippen molar-refractivity contribution in [1.29, 1.82) is 0 Å². The van der Waals surface area contributed by atoms with Gasteiger partial charge in [-0.2, -0.15) is 0 Å². The minimum absolute atomic E-state index is 0.141. The molecule has 4 aromatic rings. The molecule has 124 valence electrons. The number of fused-ring (bicyclic) bond motifs is 2. The van der Waals surface area contributed by atoms with E-state index in [0.29, 0.717) is 22.4 Å². The first-order valence-corrected chi connectivity index (χ1v) is 7.72. The topological polar surface area (TPSA) is 42.2 Å². The highest BCUT2D eigenvalue weighted by Crippen LogP contribution is 2.30. The molecule has 2 heterocycles. The third-order valence-electron chi connectivity index (χ3n) is 4.22. The molecule has 25 heavy (non-hydrogen) atoms. The monoisotopic (exact) mass is 337 g/mol. The number of nitrogens with one attached hydrogen (secondary N) is 1. The van der Waals surface area contributed by atoms with Gasteiger partial charge in [0.15, 0.2) is 0 Å². The molecule has 2 bridgehead atoms. The third kappa shape index (κ3) is 2.54. The predicted molar refractivity (Wildman–Crippen MR) is 91.9 cm³/mol. The molecule has 3 nitrogen and oxygen atoms in total. The number of halogens is 2. The molecule has 0 fully saturated rings. The number of carbonyl (C=O) groups excluding carboxylic acids is 1. The molecule has 5 heteroatoms. The molecule has 4 rings (SSSR count). The van der Waals surface area contributed by atoms with Gasteiger partial charge in [0.1, 0.15) is 22.8 Å². The van der Waals surface area contributed by atoms with Gasteiger partial charge in [-0.25, -0.2) is 8.78 Å². The standard InChI is InChI=1S/C20H13F2NO2/c1-11-17-8-9-18(25-17)19(11)20(24)23-12-6-7-14(16(22)10-12)13-4-2-3-5-15(13)21/h2-10H,1H3,(H,23,24). The van der Waals surface area contributed by atoms with Crippen LogP contribution in [0.15, 0.2) is 59.0 Å². The molecule has 0 aliphatic rings. The van der Waals surface area contributed by atoms with Gasteiger partial charge in [-0.1, -0.05) is 18.2 Å². The Labute approximate surface area is 142 Å². The Hall–Kier alpha value is -3.21. The van der Waals surface area contributed by atoms with Crippen molar-refractivity contribution in [3.8, 4) is 11.1 Å². The van der Waals surface area contributed by atoms with Crippen molar-refractivity contribution in [2.45, 2.75) is 6.92 Å². The van der Waals surface area contributed by atoms with Crippen molar-refractivity contribution in [2.75, 3.05) is 5.32 Å². The van der Waals surface area contributed by atoms with Crippen molar-refractivity contribution in [3.63, 3.8) is 0 Å². The predicted octanol–water partition coefficient (Wildman–Crippen LogP) is 5.38. The van der Waals surface area contributed by atoms with Crippen LogP contribution in [0.25, 0.3) is 22.3 Å².